The van der Waals surface area contributed by atoms with Crippen LogP contribution in [0.1, 0.15) is 29.9 Å². The number of rotatable bonds is 8. The highest BCUT2D eigenvalue weighted by atomic mass is 19.1. The van der Waals surface area contributed by atoms with Gasteiger partial charge >= 0.3 is 0 Å². The van der Waals surface area contributed by atoms with Crippen LogP contribution in [0.15, 0.2) is 73.6 Å². The minimum atomic E-state index is -0.729. The first kappa shape index (κ1) is 27.0. The van der Waals surface area contributed by atoms with Crippen LogP contribution in [0.2, 0.25) is 0 Å². The second-order valence-corrected chi connectivity index (χ2v) is 11.1. The van der Waals surface area contributed by atoms with Crippen LogP contribution in [-0.2, 0) is 4.79 Å². The minimum Gasteiger partial charge on any atom is -0.457 e. The summed E-state index contributed by atoms with van der Waals surface area (Å²) < 4.78 is 22.7. The molecule has 0 unspecified atom stereocenters. The lowest BCUT2D eigenvalue weighted by Gasteiger charge is -2.33. The van der Waals surface area contributed by atoms with Crippen molar-refractivity contribution in [3.8, 4) is 11.5 Å². The summed E-state index contributed by atoms with van der Waals surface area (Å²) in [5, 5.41) is 12.0. The van der Waals surface area contributed by atoms with E-state index in [0.29, 0.717) is 38.5 Å². The van der Waals surface area contributed by atoms with E-state index >= 15 is 0 Å². The molecule has 12 heteroatoms. The van der Waals surface area contributed by atoms with E-state index < -0.39 is 6.17 Å². The number of fused-ring (bicyclic) bond motifs is 2. The number of carbonyl (C=O) groups is 1. The van der Waals surface area contributed by atoms with E-state index in [4.69, 9.17) is 4.74 Å². The molecule has 11 nitrogen and oxygen atoms in total. The van der Waals surface area contributed by atoms with E-state index in [9.17, 15) is 9.18 Å². The van der Waals surface area contributed by atoms with Crippen molar-refractivity contribution in [1.82, 2.24) is 39.0 Å². The number of pyridine rings is 1. The van der Waals surface area contributed by atoms with Gasteiger partial charge in [0.2, 0.25) is 5.91 Å². The van der Waals surface area contributed by atoms with Gasteiger partial charge in [0.1, 0.15) is 35.8 Å². The summed E-state index contributed by atoms with van der Waals surface area (Å²) in [6.45, 7) is 4.90. The summed E-state index contributed by atoms with van der Waals surface area (Å²) in [5.41, 5.74) is 4.68. The Morgan fingerprint density at radius 3 is 2.65 bits per heavy atom. The molecule has 1 aromatic carbocycles. The molecule has 6 heterocycles. The normalized spacial score (nSPS) is 16.7. The summed E-state index contributed by atoms with van der Waals surface area (Å²) in [6, 6.07) is 11.7. The zero-order valence-electron chi connectivity index (χ0n) is 23.8. The Balaban J connectivity index is 1.02. The number of carbonyl (C=O) groups excluding carboxylic acids is 1. The highest BCUT2D eigenvalue weighted by molar-refractivity contribution is 5.87. The second-order valence-electron chi connectivity index (χ2n) is 11.1. The number of piperidine rings is 1. The molecule has 2 aliphatic rings. The number of ether oxygens (including phenoxy) is 1. The number of benzene rings is 1. The van der Waals surface area contributed by atoms with E-state index in [1.165, 1.54) is 11.9 Å². The van der Waals surface area contributed by atoms with Gasteiger partial charge in [0, 0.05) is 62.9 Å². The monoisotopic (exact) mass is 581 g/mol. The maximum atomic E-state index is 13.0. The number of amides is 1. The van der Waals surface area contributed by atoms with E-state index in [1.807, 2.05) is 70.0 Å². The van der Waals surface area contributed by atoms with E-state index in [0.717, 1.165) is 46.8 Å². The molecule has 43 heavy (non-hydrogen) atoms. The molecule has 2 fully saturated rings. The van der Waals surface area contributed by atoms with Crippen LogP contribution in [0.25, 0.3) is 11.2 Å². The molecule has 2 aliphatic heterocycles. The molecule has 220 valence electrons. The first-order valence-electron chi connectivity index (χ1n) is 14.5. The molecule has 1 N–H and O–H groups in total. The zero-order valence-corrected chi connectivity index (χ0v) is 23.8. The fourth-order valence-corrected chi connectivity index (χ4v) is 5.84. The lowest BCUT2D eigenvalue weighted by atomic mass is 9.90. The number of hydrogen-bond acceptors (Lipinski definition) is 8. The van der Waals surface area contributed by atoms with Crippen molar-refractivity contribution < 1.29 is 13.9 Å². The molecule has 7 rings (SSSR count). The third kappa shape index (κ3) is 5.65. The molecule has 4 aromatic heterocycles. The Morgan fingerprint density at radius 2 is 1.84 bits per heavy atom. The summed E-state index contributed by atoms with van der Waals surface area (Å²) in [6.07, 6.45) is 11.3. The van der Waals surface area contributed by atoms with Crippen molar-refractivity contribution in [2.45, 2.75) is 31.9 Å². The van der Waals surface area contributed by atoms with Crippen molar-refractivity contribution >= 4 is 28.6 Å². The third-order valence-electron chi connectivity index (χ3n) is 8.19. The SMILES string of the molecule is Cc1cc(Nc2ncnn3ccc(C4CCN(C(=O)C=CCN5CC(F)C5)CC4)c23)ccc1Oc1ccn2ncnc2c1. The molecule has 1 amide bonds. The van der Waals surface area contributed by atoms with Crippen LogP contribution in [0, 0.1) is 6.92 Å². The molecular formula is C31H32FN9O2. The van der Waals surface area contributed by atoms with Gasteiger partial charge in [-0.15, -0.1) is 0 Å². The Labute approximate surface area is 247 Å². The lowest BCUT2D eigenvalue weighted by molar-refractivity contribution is -0.127. The molecule has 0 aliphatic carbocycles. The number of likely N-dealkylation sites (tertiary alicyclic amines) is 2. The highest BCUT2D eigenvalue weighted by Gasteiger charge is 2.27. The van der Waals surface area contributed by atoms with Crippen molar-refractivity contribution in [2.75, 3.05) is 38.0 Å². The van der Waals surface area contributed by atoms with Gasteiger partial charge in [-0.3, -0.25) is 9.69 Å². The number of anilines is 2. The molecule has 5 aromatic rings. The Morgan fingerprint density at radius 1 is 1.05 bits per heavy atom. The number of nitrogens with zero attached hydrogens (tertiary/aromatic N) is 8. The molecule has 2 saturated heterocycles. The van der Waals surface area contributed by atoms with Crippen LogP contribution in [0.4, 0.5) is 15.9 Å². The summed E-state index contributed by atoms with van der Waals surface area (Å²) >= 11 is 0. The summed E-state index contributed by atoms with van der Waals surface area (Å²) in [7, 11) is 0. The Kier molecular flexibility index (Phi) is 7.19. The van der Waals surface area contributed by atoms with Gasteiger partial charge in [-0.1, -0.05) is 6.08 Å². The minimum absolute atomic E-state index is 0.0186. The van der Waals surface area contributed by atoms with Crippen LogP contribution in [0.3, 0.4) is 0 Å². The highest BCUT2D eigenvalue weighted by Crippen LogP contribution is 2.35. The number of aryl methyl sites for hydroxylation is 1. The quantitative estimate of drug-likeness (QED) is 0.267. The predicted molar refractivity (Wildman–Crippen MR) is 160 cm³/mol. The number of hydrogen-bond donors (Lipinski definition) is 1. The number of halogens is 1. The summed E-state index contributed by atoms with van der Waals surface area (Å²) in [5.74, 6) is 2.46. The topological polar surface area (TPSA) is 105 Å². The van der Waals surface area contributed by atoms with Crippen molar-refractivity contribution in [2.24, 2.45) is 0 Å². The lowest BCUT2D eigenvalue weighted by Crippen LogP contribution is -2.48. The smallest absolute Gasteiger partial charge is 0.246 e. The van der Waals surface area contributed by atoms with Gasteiger partial charge in [0.05, 0.1) is 0 Å². The molecular weight excluding hydrogens is 549 g/mol. The van der Waals surface area contributed by atoms with Gasteiger partial charge in [0.25, 0.3) is 0 Å². The van der Waals surface area contributed by atoms with Crippen LogP contribution < -0.4 is 10.1 Å². The number of alkyl halides is 1. The molecule has 0 radical (unpaired) electrons. The van der Waals surface area contributed by atoms with Crippen molar-refractivity contribution in [1.29, 1.82) is 0 Å². The van der Waals surface area contributed by atoms with Gasteiger partial charge in [-0.2, -0.15) is 10.2 Å². The fourth-order valence-electron chi connectivity index (χ4n) is 5.84. The van der Waals surface area contributed by atoms with E-state index in [2.05, 4.69) is 31.5 Å². The van der Waals surface area contributed by atoms with Gasteiger partial charge in [0.15, 0.2) is 11.5 Å². The average Bonchev–Trinajstić information content (AvgIpc) is 3.65. The molecule has 0 saturated carbocycles. The standard InChI is InChI=1S/C31H32FN9O2/c1-21-15-24(4-5-27(21)43-25-8-13-40-28(16-25)33-19-35-40)37-31-30-26(9-14-41(30)36-20-34-31)22-6-11-39(12-7-22)29(42)3-2-10-38-17-23(32)18-38/h2-5,8-9,13-16,19-20,22-23H,6-7,10-12,17-18H2,1H3,(H,34,36,37). The molecule has 0 spiro atoms. The van der Waals surface area contributed by atoms with E-state index in [1.54, 1.807) is 16.9 Å². The zero-order chi connectivity index (χ0) is 29.3. The van der Waals surface area contributed by atoms with E-state index in [-0.39, 0.29) is 11.8 Å². The Hall–Kier alpha value is -4.84. The van der Waals surface area contributed by atoms with Gasteiger partial charge in [-0.25, -0.2) is 23.4 Å². The first-order chi connectivity index (χ1) is 21.0. The average molecular weight is 582 g/mol. The largest absolute Gasteiger partial charge is 0.457 e. The Bertz CT molecular complexity index is 1800. The molecule has 0 atom stereocenters. The maximum Gasteiger partial charge on any atom is 0.246 e. The molecule has 0 bridgehead atoms. The fraction of sp³-hybridized carbons (Fsp3) is 0.323. The van der Waals surface area contributed by atoms with Crippen LogP contribution >= 0.6 is 0 Å². The van der Waals surface area contributed by atoms with Gasteiger partial charge in [-0.05, 0) is 67.1 Å². The number of nitrogens with one attached hydrogen (secondary N) is 1. The summed E-state index contributed by atoms with van der Waals surface area (Å²) in [4.78, 5) is 25.4. The van der Waals surface area contributed by atoms with Crippen LogP contribution in [0.5, 0.6) is 11.5 Å². The maximum absolute atomic E-state index is 13.0. The number of aromatic nitrogens is 6. The second kappa shape index (κ2) is 11.4. The third-order valence-corrected chi connectivity index (χ3v) is 8.19. The van der Waals surface area contributed by atoms with Crippen LogP contribution in [-0.4, -0.2) is 83.8 Å². The van der Waals surface area contributed by atoms with Crippen molar-refractivity contribution in [3.63, 3.8) is 0 Å². The van der Waals surface area contributed by atoms with Gasteiger partial charge < -0.3 is 15.0 Å². The predicted octanol–water partition coefficient (Wildman–Crippen LogP) is 4.53. The first-order valence-corrected chi connectivity index (χ1v) is 14.5. The van der Waals surface area contributed by atoms with Crippen molar-refractivity contribution in [3.05, 3.63) is 84.7 Å².